The molecule has 1 aromatic carbocycles. The Balaban J connectivity index is 2.02. The largest absolute Gasteiger partial charge is 0.393 e. The van der Waals surface area contributed by atoms with Gasteiger partial charge in [-0.15, -0.1) is 5.10 Å². The number of aliphatic hydroxyl groups excluding tert-OH is 1. The SMILES string of the molecule is CC(O)CCNC(C)c1cccc(-n2cnnn2)c1. The third-order valence-corrected chi connectivity index (χ3v) is 3.00. The summed E-state index contributed by atoms with van der Waals surface area (Å²) in [5.41, 5.74) is 2.10. The summed E-state index contributed by atoms with van der Waals surface area (Å²) in [4.78, 5) is 0. The van der Waals surface area contributed by atoms with Crippen molar-refractivity contribution in [3.8, 4) is 5.69 Å². The number of aromatic nitrogens is 4. The van der Waals surface area contributed by atoms with E-state index < -0.39 is 0 Å². The third kappa shape index (κ3) is 3.84. The first-order valence-electron chi connectivity index (χ1n) is 6.41. The van der Waals surface area contributed by atoms with E-state index in [1.165, 1.54) is 5.56 Å². The predicted octanol–water partition coefficient (Wildman–Crippen LogP) is 1.08. The molecule has 0 saturated heterocycles. The third-order valence-electron chi connectivity index (χ3n) is 3.00. The van der Waals surface area contributed by atoms with E-state index in [-0.39, 0.29) is 12.1 Å². The highest BCUT2D eigenvalue weighted by molar-refractivity contribution is 5.35. The lowest BCUT2D eigenvalue weighted by atomic mass is 10.1. The molecule has 1 aromatic heterocycles. The maximum absolute atomic E-state index is 9.24. The van der Waals surface area contributed by atoms with Crippen LogP contribution in [-0.2, 0) is 0 Å². The lowest BCUT2D eigenvalue weighted by Gasteiger charge is -2.15. The van der Waals surface area contributed by atoms with E-state index >= 15 is 0 Å². The number of aliphatic hydroxyl groups is 1. The maximum Gasteiger partial charge on any atom is 0.143 e. The molecule has 19 heavy (non-hydrogen) atoms. The van der Waals surface area contributed by atoms with Crippen LogP contribution in [0, 0.1) is 0 Å². The van der Waals surface area contributed by atoms with Gasteiger partial charge in [0.1, 0.15) is 6.33 Å². The van der Waals surface area contributed by atoms with Crippen molar-refractivity contribution in [3.63, 3.8) is 0 Å². The van der Waals surface area contributed by atoms with E-state index in [2.05, 4.69) is 39.9 Å². The van der Waals surface area contributed by atoms with Crippen LogP contribution in [0.4, 0.5) is 0 Å². The summed E-state index contributed by atoms with van der Waals surface area (Å²) >= 11 is 0. The van der Waals surface area contributed by atoms with Crippen molar-refractivity contribution < 1.29 is 5.11 Å². The quantitative estimate of drug-likeness (QED) is 0.814. The molecule has 6 nitrogen and oxygen atoms in total. The van der Waals surface area contributed by atoms with Gasteiger partial charge in [0.05, 0.1) is 11.8 Å². The van der Waals surface area contributed by atoms with Gasteiger partial charge in [0.25, 0.3) is 0 Å². The highest BCUT2D eigenvalue weighted by Gasteiger charge is 2.07. The van der Waals surface area contributed by atoms with Crippen molar-refractivity contribution in [2.45, 2.75) is 32.4 Å². The second kappa shape index (κ2) is 6.40. The Bertz CT molecular complexity index is 497. The zero-order valence-corrected chi connectivity index (χ0v) is 11.2. The Labute approximate surface area is 112 Å². The van der Waals surface area contributed by atoms with Gasteiger partial charge in [-0.25, -0.2) is 4.68 Å². The molecule has 102 valence electrons. The van der Waals surface area contributed by atoms with E-state index in [0.717, 1.165) is 18.7 Å². The lowest BCUT2D eigenvalue weighted by molar-refractivity contribution is 0.182. The highest BCUT2D eigenvalue weighted by atomic mass is 16.3. The average molecular weight is 261 g/mol. The van der Waals surface area contributed by atoms with Crippen molar-refractivity contribution in [1.29, 1.82) is 0 Å². The monoisotopic (exact) mass is 261 g/mol. The Morgan fingerprint density at radius 2 is 2.21 bits per heavy atom. The van der Waals surface area contributed by atoms with E-state index in [1.807, 2.05) is 12.1 Å². The minimum absolute atomic E-state index is 0.218. The topological polar surface area (TPSA) is 75.9 Å². The van der Waals surface area contributed by atoms with Crippen LogP contribution < -0.4 is 5.32 Å². The van der Waals surface area contributed by atoms with Gasteiger partial charge in [-0.1, -0.05) is 12.1 Å². The fraction of sp³-hybridized carbons (Fsp3) is 0.462. The van der Waals surface area contributed by atoms with Gasteiger partial charge in [0, 0.05) is 6.04 Å². The molecular weight excluding hydrogens is 242 g/mol. The van der Waals surface area contributed by atoms with Gasteiger partial charge in [0.2, 0.25) is 0 Å². The number of nitrogens with one attached hydrogen (secondary N) is 1. The molecule has 2 unspecified atom stereocenters. The number of benzene rings is 1. The molecule has 1 heterocycles. The predicted molar refractivity (Wildman–Crippen MR) is 71.9 cm³/mol. The fourth-order valence-corrected chi connectivity index (χ4v) is 1.84. The Morgan fingerprint density at radius 1 is 1.37 bits per heavy atom. The summed E-state index contributed by atoms with van der Waals surface area (Å²) in [5, 5.41) is 23.8. The molecule has 2 aromatic rings. The van der Waals surface area contributed by atoms with Gasteiger partial charge < -0.3 is 10.4 Å². The normalized spacial score (nSPS) is 14.3. The summed E-state index contributed by atoms with van der Waals surface area (Å²) in [6, 6.07) is 8.28. The van der Waals surface area contributed by atoms with Crippen LogP contribution in [0.25, 0.3) is 5.69 Å². The first-order chi connectivity index (χ1) is 9.16. The lowest BCUT2D eigenvalue weighted by Crippen LogP contribution is -2.22. The molecule has 2 atom stereocenters. The van der Waals surface area contributed by atoms with Crippen molar-refractivity contribution >= 4 is 0 Å². The summed E-state index contributed by atoms with van der Waals surface area (Å²) in [6.45, 7) is 4.68. The first kappa shape index (κ1) is 13.6. The molecule has 0 amide bonds. The van der Waals surface area contributed by atoms with Gasteiger partial charge >= 0.3 is 0 Å². The smallest absolute Gasteiger partial charge is 0.143 e. The maximum atomic E-state index is 9.24. The summed E-state index contributed by atoms with van der Waals surface area (Å²) in [5.74, 6) is 0. The number of hydrogen-bond donors (Lipinski definition) is 2. The summed E-state index contributed by atoms with van der Waals surface area (Å²) in [7, 11) is 0. The number of rotatable bonds is 6. The number of tetrazole rings is 1. The Kier molecular flexibility index (Phi) is 4.59. The van der Waals surface area contributed by atoms with Crippen molar-refractivity contribution in [1.82, 2.24) is 25.5 Å². The number of nitrogens with zero attached hydrogens (tertiary/aromatic N) is 4. The molecule has 0 fully saturated rings. The van der Waals surface area contributed by atoms with Gasteiger partial charge in [-0.3, -0.25) is 0 Å². The highest BCUT2D eigenvalue weighted by Crippen LogP contribution is 2.16. The van der Waals surface area contributed by atoms with Crippen molar-refractivity contribution in [3.05, 3.63) is 36.2 Å². The minimum atomic E-state index is -0.271. The van der Waals surface area contributed by atoms with E-state index in [1.54, 1.807) is 17.9 Å². The Morgan fingerprint density at radius 3 is 2.89 bits per heavy atom. The van der Waals surface area contributed by atoms with Crippen molar-refractivity contribution in [2.75, 3.05) is 6.54 Å². The van der Waals surface area contributed by atoms with E-state index in [9.17, 15) is 5.11 Å². The van der Waals surface area contributed by atoms with E-state index in [0.29, 0.717) is 0 Å². The summed E-state index contributed by atoms with van der Waals surface area (Å²) < 4.78 is 1.63. The van der Waals surface area contributed by atoms with Crippen LogP contribution in [0.1, 0.15) is 31.9 Å². The van der Waals surface area contributed by atoms with Crippen LogP contribution >= 0.6 is 0 Å². The van der Waals surface area contributed by atoms with Crippen LogP contribution in [0.15, 0.2) is 30.6 Å². The second-order valence-electron chi connectivity index (χ2n) is 4.66. The molecular formula is C13H19N5O. The van der Waals surface area contributed by atoms with E-state index in [4.69, 9.17) is 0 Å². The van der Waals surface area contributed by atoms with Gasteiger partial charge in [0.15, 0.2) is 0 Å². The average Bonchev–Trinajstić information content (AvgIpc) is 2.92. The number of hydrogen-bond acceptors (Lipinski definition) is 5. The minimum Gasteiger partial charge on any atom is -0.393 e. The van der Waals surface area contributed by atoms with Crippen LogP contribution in [0.5, 0.6) is 0 Å². The molecule has 0 saturated carbocycles. The zero-order valence-electron chi connectivity index (χ0n) is 11.2. The molecule has 2 N–H and O–H groups in total. The van der Waals surface area contributed by atoms with Crippen molar-refractivity contribution in [2.24, 2.45) is 0 Å². The first-order valence-corrected chi connectivity index (χ1v) is 6.41. The second-order valence-corrected chi connectivity index (χ2v) is 4.66. The molecule has 0 aliphatic rings. The zero-order chi connectivity index (χ0) is 13.7. The van der Waals surface area contributed by atoms with Gasteiger partial charge in [-0.2, -0.15) is 0 Å². The molecule has 0 radical (unpaired) electrons. The molecule has 0 spiro atoms. The Hall–Kier alpha value is -1.79. The fourth-order valence-electron chi connectivity index (χ4n) is 1.84. The molecule has 0 aliphatic carbocycles. The standard InChI is InChI=1S/C13H19N5O/c1-10(19)6-7-14-11(2)12-4-3-5-13(8-12)18-9-15-16-17-18/h3-5,8-11,14,19H,6-7H2,1-2H3. The molecule has 0 bridgehead atoms. The molecule has 0 aliphatic heterocycles. The molecule has 2 rings (SSSR count). The van der Waals surface area contributed by atoms with Crippen LogP contribution in [-0.4, -0.2) is 38.0 Å². The van der Waals surface area contributed by atoms with Gasteiger partial charge in [-0.05, 0) is 54.9 Å². The molecule has 6 heteroatoms. The van der Waals surface area contributed by atoms with Crippen LogP contribution in [0.2, 0.25) is 0 Å². The summed E-state index contributed by atoms with van der Waals surface area (Å²) in [6.07, 6.45) is 2.05. The van der Waals surface area contributed by atoms with Crippen LogP contribution in [0.3, 0.4) is 0 Å².